The minimum Gasteiger partial charge on any atom is -0.489 e. The molecule has 26 heavy (non-hydrogen) atoms. The first-order chi connectivity index (χ1) is 12.7. The molecule has 130 valence electrons. The van der Waals surface area contributed by atoms with Gasteiger partial charge in [0.05, 0.1) is 5.56 Å². The molecule has 0 saturated carbocycles. The Morgan fingerprint density at radius 3 is 2.50 bits per heavy atom. The van der Waals surface area contributed by atoms with Gasteiger partial charge in [-0.05, 0) is 71.3 Å². The molecule has 0 heterocycles. The summed E-state index contributed by atoms with van der Waals surface area (Å²) in [5.41, 5.74) is 6.76. The minimum atomic E-state index is -0.483. The van der Waals surface area contributed by atoms with Gasteiger partial charge >= 0.3 is 0 Å². The van der Waals surface area contributed by atoms with E-state index in [4.69, 9.17) is 4.74 Å². The van der Waals surface area contributed by atoms with E-state index in [1.165, 1.54) is 17.2 Å². The van der Waals surface area contributed by atoms with E-state index in [0.29, 0.717) is 12.9 Å². The van der Waals surface area contributed by atoms with Gasteiger partial charge in [-0.1, -0.05) is 36.4 Å². The van der Waals surface area contributed by atoms with Crippen LogP contribution in [0.1, 0.15) is 32.6 Å². The van der Waals surface area contributed by atoms with Crippen LogP contribution in [0.15, 0.2) is 54.6 Å². The number of carbonyl (C=O) groups is 1. The molecule has 0 fully saturated rings. The SMILES string of the molecule is Cc1cc(OCc2ccccc2)c2c(c1-c1ccc(F)c(C=O)c1)CC2. The number of hydrogen-bond acceptors (Lipinski definition) is 2. The number of carbonyl (C=O) groups excluding carboxylic acids is 1. The van der Waals surface area contributed by atoms with Gasteiger partial charge in [0.15, 0.2) is 6.29 Å². The summed E-state index contributed by atoms with van der Waals surface area (Å²) in [6.07, 6.45) is 2.52. The monoisotopic (exact) mass is 346 g/mol. The highest BCUT2D eigenvalue weighted by atomic mass is 19.1. The van der Waals surface area contributed by atoms with Crippen LogP contribution in [0.3, 0.4) is 0 Å². The summed E-state index contributed by atoms with van der Waals surface area (Å²) in [5, 5.41) is 0. The molecule has 1 aliphatic rings. The number of halogens is 1. The van der Waals surface area contributed by atoms with Crippen molar-refractivity contribution in [1.29, 1.82) is 0 Å². The lowest BCUT2D eigenvalue weighted by Gasteiger charge is -2.28. The van der Waals surface area contributed by atoms with E-state index in [1.807, 2.05) is 37.3 Å². The van der Waals surface area contributed by atoms with Gasteiger partial charge in [0.2, 0.25) is 0 Å². The van der Waals surface area contributed by atoms with Crippen LogP contribution < -0.4 is 4.74 Å². The Kier molecular flexibility index (Phi) is 4.29. The number of ether oxygens (including phenoxy) is 1. The second kappa shape index (κ2) is 6.75. The molecular weight excluding hydrogens is 327 g/mol. The number of aldehydes is 1. The molecule has 3 aromatic carbocycles. The second-order valence-corrected chi connectivity index (χ2v) is 6.65. The standard InChI is InChI=1S/C23H19FO2/c1-15-11-22(26-14-16-5-3-2-4-6-16)19-8-9-20(19)23(15)17-7-10-21(24)18(12-17)13-25/h2-7,10-13H,8-9,14H2,1H3. The molecule has 3 heteroatoms. The minimum absolute atomic E-state index is 0.0966. The van der Waals surface area contributed by atoms with Crippen LogP contribution in [0.5, 0.6) is 5.75 Å². The third kappa shape index (κ3) is 2.90. The molecular formula is C23H19FO2. The maximum atomic E-state index is 13.7. The van der Waals surface area contributed by atoms with E-state index in [0.717, 1.165) is 40.8 Å². The van der Waals surface area contributed by atoms with Gasteiger partial charge < -0.3 is 4.74 Å². The smallest absolute Gasteiger partial charge is 0.153 e. The Balaban J connectivity index is 1.69. The van der Waals surface area contributed by atoms with Gasteiger partial charge in [-0.15, -0.1) is 0 Å². The van der Waals surface area contributed by atoms with Crippen LogP contribution in [0, 0.1) is 12.7 Å². The summed E-state index contributed by atoms with van der Waals surface area (Å²) in [6, 6.07) is 16.9. The zero-order valence-corrected chi connectivity index (χ0v) is 14.6. The summed E-state index contributed by atoms with van der Waals surface area (Å²) < 4.78 is 19.7. The fourth-order valence-electron chi connectivity index (χ4n) is 3.57. The summed E-state index contributed by atoms with van der Waals surface area (Å²) in [6.45, 7) is 2.57. The normalized spacial score (nSPS) is 12.2. The van der Waals surface area contributed by atoms with Gasteiger partial charge in [0, 0.05) is 0 Å². The van der Waals surface area contributed by atoms with Crippen molar-refractivity contribution in [2.24, 2.45) is 0 Å². The quantitative estimate of drug-likeness (QED) is 0.587. The third-order valence-corrected chi connectivity index (χ3v) is 4.98. The van der Waals surface area contributed by atoms with Gasteiger partial charge in [0.25, 0.3) is 0 Å². The molecule has 2 nitrogen and oxygen atoms in total. The maximum Gasteiger partial charge on any atom is 0.153 e. The number of aryl methyl sites for hydroxylation is 1. The summed E-state index contributed by atoms with van der Waals surface area (Å²) in [5.74, 6) is 0.442. The predicted octanol–water partition coefficient (Wildman–Crippen LogP) is 5.29. The highest BCUT2D eigenvalue weighted by Gasteiger charge is 2.25. The Morgan fingerprint density at radius 1 is 1.04 bits per heavy atom. The first kappa shape index (κ1) is 16.5. The van der Waals surface area contributed by atoms with Crippen LogP contribution in [0.4, 0.5) is 4.39 Å². The van der Waals surface area contributed by atoms with Crippen LogP contribution in [0.2, 0.25) is 0 Å². The highest BCUT2D eigenvalue weighted by molar-refractivity contribution is 5.82. The van der Waals surface area contributed by atoms with Crippen molar-refractivity contribution in [2.45, 2.75) is 26.4 Å². The van der Waals surface area contributed by atoms with Gasteiger partial charge in [-0.2, -0.15) is 0 Å². The van der Waals surface area contributed by atoms with E-state index in [2.05, 4.69) is 6.07 Å². The summed E-state index contributed by atoms with van der Waals surface area (Å²) in [7, 11) is 0. The average Bonchev–Trinajstić information content (AvgIpc) is 2.63. The Morgan fingerprint density at radius 2 is 1.81 bits per heavy atom. The lowest BCUT2D eigenvalue weighted by Crippen LogP contribution is -2.14. The van der Waals surface area contributed by atoms with Gasteiger partial charge in [-0.3, -0.25) is 4.79 Å². The van der Waals surface area contributed by atoms with Crippen molar-refractivity contribution < 1.29 is 13.9 Å². The van der Waals surface area contributed by atoms with Crippen LogP contribution in [-0.4, -0.2) is 6.29 Å². The van der Waals surface area contributed by atoms with Gasteiger partial charge in [0.1, 0.15) is 18.2 Å². The first-order valence-electron chi connectivity index (χ1n) is 8.74. The Hall–Kier alpha value is -2.94. The van der Waals surface area contributed by atoms with Crippen LogP contribution in [0.25, 0.3) is 11.1 Å². The van der Waals surface area contributed by atoms with E-state index >= 15 is 0 Å². The Bertz CT molecular complexity index is 977. The zero-order chi connectivity index (χ0) is 18.1. The van der Waals surface area contributed by atoms with Crippen molar-refractivity contribution in [1.82, 2.24) is 0 Å². The maximum absolute atomic E-state index is 13.7. The number of benzene rings is 3. The molecule has 0 radical (unpaired) electrons. The number of fused-ring (bicyclic) bond motifs is 1. The number of hydrogen-bond donors (Lipinski definition) is 0. The molecule has 0 spiro atoms. The molecule has 1 aliphatic carbocycles. The number of rotatable bonds is 5. The average molecular weight is 346 g/mol. The zero-order valence-electron chi connectivity index (χ0n) is 14.6. The lowest BCUT2D eigenvalue weighted by atomic mass is 9.79. The predicted molar refractivity (Wildman–Crippen MR) is 100 cm³/mol. The molecule has 0 bridgehead atoms. The van der Waals surface area contributed by atoms with Crippen molar-refractivity contribution >= 4 is 6.29 Å². The van der Waals surface area contributed by atoms with E-state index in [1.54, 1.807) is 12.1 Å². The van der Waals surface area contributed by atoms with E-state index in [9.17, 15) is 9.18 Å². The lowest BCUT2D eigenvalue weighted by molar-refractivity contribution is 0.112. The van der Waals surface area contributed by atoms with Crippen molar-refractivity contribution in [2.75, 3.05) is 0 Å². The molecule has 4 rings (SSSR count). The first-order valence-corrected chi connectivity index (χ1v) is 8.74. The fraction of sp³-hybridized carbons (Fsp3) is 0.174. The fourth-order valence-corrected chi connectivity index (χ4v) is 3.57. The topological polar surface area (TPSA) is 26.3 Å². The molecule has 0 unspecified atom stereocenters. The molecule has 0 aliphatic heterocycles. The molecule has 0 atom stereocenters. The van der Waals surface area contributed by atoms with E-state index < -0.39 is 5.82 Å². The van der Waals surface area contributed by atoms with Gasteiger partial charge in [-0.25, -0.2) is 4.39 Å². The summed E-state index contributed by atoms with van der Waals surface area (Å²) >= 11 is 0. The molecule has 0 amide bonds. The Labute approximate surface area is 152 Å². The van der Waals surface area contributed by atoms with Crippen molar-refractivity contribution in [3.63, 3.8) is 0 Å². The highest BCUT2D eigenvalue weighted by Crippen LogP contribution is 2.42. The molecule has 0 saturated heterocycles. The van der Waals surface area contributed by atoms with Crippen LogP contribution in [-0.2, 0) is 19.4 Å². The molecule has 0 N–H and O–H groups in total. The largest absolute Gasteiger partial charge is 0.489 e. The van der Waals surface area contributed by atoms with Crippen molar-refractivity contribution in [3.8, 4) is 16.9 Å². The molecule has 0 aromatic heterocycles. The second-order valence-electron chi connectivity index (χ2n) is 6.65. The molecule has 3 aromatic rings. The summed E-state index contributed by atoms with van der Waals surface area (Å²) in [4.78, 5) is 11.1. The third-order valence-electron chi connectivity index (χ3n) is 4.98. The van der Waals surface area contributed by atoms with E-state index in [-0.39, 0.29) is 5.56 Å². The van der Waals surface area contributed by atoms with Crippen LogP contribution >= 0.6 is 0 Å². The van der Waals surface area contributed by atoms with Crippen molar-refractivity contribution in [3.05, 3.63) is 88.2 Å².